The van der Waals surface area contributed by atoms with Crippen molar-refractivity contribution >= 4 is 35.0 Å². The van der Waals surface area contributed by atoms with Crippen molar-refractivity contribution in [2.24, 2.45) is 0 Å². The molecule has 162 valence electrons. The van der Waals surface area contributed by atoms with Crippen LogP contribution in [-0.4, -0.2) is 32.4 Å². The molecule has 0 fully saturated rings. The number of rotatable bonds is 12. The number of carbonyl (C=O) groups is 1. The molecule has 0 radical (unpaired) electrons. The molecule has 2 aromatic carbocycles. The first-order valence-electron chi connectivity index (χ1n) is 10.5. The van der Waals surface area contributed by atoms with Crippen LogP contribution >= 0.6 is 0 Å². The van der Waals surface area contributed by atoms with Crippen LogP contribution in [0, 0.1) is 0 Å². The Bertz CT molecular complexity index is 964. The zero-order chi connectivity index (χ0) is 21.9. The fourth-order valence-corrected chi connectivity index (χ4v) is 2.94. The number of para-hydroxylation sites is 1. The highest BCUT2D eigenvalue weighted by Crippen LogP contribution is 2.20. The van der Waals surface area contributed by atoms with Gasteiger partial charge in [0.05, 0.1) is 0 Å². The summed E-state index contributed by atoms with van der Waals surface area (Å²) >= 11 is 0. The third kappa shape index (κ3) is 7.93. The van der Waals surface area contributed by atoms with Crippen molar-refractivity contribution in [3.8, 4) is 5.75 Å². The van der Waals surface area contributed by atoms with E-state index in [-0.39, 0.29) is 11.5 Å². The lowest BCUT2D eigenvalue weighted by molar-refractivity contribution is -0.117. The van der Waals surface area contributed by atoms with Gasteiger partial charge < -0.3 is 25.9 Å². The van der Waals surface area contributed by atoms with E-state index in [1.54, 1.807) is 31.2 Å². The van der Waals surface area contributed by atoms with Crippen molar-refractivity contribution in [2.45, 2.75) is 39.0 Å². The molecular weight excluding hydrogens is 392 g/mol. The highest BCUT2D eigenvalue weighted by Gasteiger charge is 2.08. The Balaban J connectivity index is 1.64. The van der Waals surface area contributed by atoms with Crippen molar-refractivity contribution < 1.29 is 9.90 Å². The number of nitrogens with zero attached hydrogens (tertiary/aromatic N) is 3. The number of hydrogen-bond donors (Lipinski definition) is 4. The van der Waals surface area contributed by atoms with Gasteiger partial charge >= 0.3 is 0 Å². The molecule has 0 aliphatic heterocycles. The van der Waals surface area contributed by atoms with Gasteiger partial charge in [-0.1, -0.05) is 31.0 Å². The highest BCUT2D eigenvalue weighted by atomic mass is 16.3. The minimum Gasteiger partial charge on any atom is -0.508 e. The average molecular weight is 421 g/mol. The summed E-state index contributed by atoms with van der Waals surface area (Å²) in [5.74, 6) is 1.72. The molecule has 31 heavy (non-hydrogen) atoms. The second-order valence-electron chi connectivity index (χ2n) is 7.26. The van der Waals surface area contributed by atoms with E-state index in [1.165, 1.54) is 0 Å². The quantitative estimate of drug-likeness (QED) is 0.239. The maximum absolute atomic E-state index is 11.0. The van der Waals surface area contributed by atoms with E-state index < -0.39 is 0 Å². The summed E-state index contributed by atoms with van der Waals surface area (Å²) in [5.41, 5.74) is 1.63. The molecule has 0 saturated carbocycles. The molecule has 0 bridgehead atoms. The van der Waals surface area contributed by atoms with Crippen molar-refractivity contribution in [3.05, 3.63) is 54.6 Å². The fraction of sp³-hybridized carbons (Fsp3) is 0.304. The fourth-order valence-electron chi connectivity index (χ4n) is 2.94. The summed E-state index contributed by atoms with van der Waals surface area (Å²) in [6, 6.07) is 16.4. The SMILES string of the molecule is CC(=O)CCCCCCNc1nc(Nc2ccccc2)nc(Nc2ccc(O)cc2)n1. The summed E-state index contributed by atoms with van der Waals surface area (Å²) < 4.78 is 0. The summed E-state index contributed by atoms with van der Waals surface area (Å²) in [4.78, 5) is 24.4. The van der Waals surface area contributed by atoms with Crippen molar-refractivity contribution in [2.75, 3.05) is 22.5 Å². The number of phenols is 1. The van der Waals surface area contributed by atoms with Crippen molar-refractivity contribution in [1.82, 2.24) is 15.0 Å². The number of carbonyl (C=O) groups excluding carboxylic acids is 1. The van der Waals surface area contributed by atoms with Gasteiger partial charge in [0.1, 0.15) is 11.5 Å². The number of hydrogen-bond acceptors (Lipinski definition) is 8. The smallest absolute Gasteiger partial charge is 0.233 e. The predicted octanol–water partition coefficient (Wildman–Crippen LogP) is 5.02. The molecule has 1 aromatic heterocycles. The molecule has 8 nitrogen and oxygen atoms in total. The number of aromatic nitrogens is 3. The van der Waals surface area contributed by atoms with Crippen LogP contribution in [0.15, 0.2) is 54.6 Å². The van der Waals surface area contributed by atoms with Crippen LogP contribution < -0.4 is 16.0 Å². The Labute approximate surface area is 182 Å². The Hall–Kier alpha value is -3.68. The van der Waals surface area contributed by atoms with Gasteiger partial charge in [0.15, 0.2) is 0 Å². The zero-order valence-corrected chi connectivity index (χ0v) is 17.6. The van der Waals surface area contributed by atoms with Crippen LogP contribution in [0.4, 0.5) is 29.2 Å². The molecule has 3 rings (SSSR count). The molecule has 0 unspecified atom stereocenters. The number of phenolic OH excluding ortho intramolecular Hbond substituents is 1. The Morgan fingerprint density at radius 1 is 0.774 bits per heavy atom. The van der Waals surface area contributed by atoms with E-state index in [0.29, 0.717) is 24.3 Å². The lowest BCUT2D eigenvalue weighted by Crippen LogP contribution is -2.10. The second-order valence-corrected chi connectivity index (χ2v) is 7.26. The van der Waals surface area contributed by atoms with Gasteiger partial charge in [-0.2, -0.15) is 15.0 Å². The molecule has 4 N–H and O–H groups in total. The molecular formula is C23H28N6O2. The molecule has 0 atom stereocenters. The van der Waals surface area contributed by atoms with Gasteiger partial charge in [-0.05, 0) is 56.2 Å². The number of nitrogens with one attached hydrogen (secondary N) is 3. The number of aromatic hydroxyl groups is 1. The van der Waals surface area contributed by atoms with E-state index in [4.69, 9.17) is 0 Å². The van der Waals surface area contributed by atoms with Gasteiger partial charge in [0.25, 0.3) is 0 Å². The number of anilines is 5. The van der Waals surface area contributed by atoms with Crippen LogP contribution in [0.3, 0.4) is 0 Å². The van der Waals surface area contributed by atoms with Crippen LogP contribution in [0.2, 0.25) is 0 Å². The topological polar surface area (TPSA) is 112 Å². The van der Waals surface area contributed by atoms with Gasteiger partial charge in [-0.25, -0.2) is 0 Å². The Morgan fingerprint density at radius 3 is 2.00 bits per heavy atom. The first-order chi connectivity index (χ1) is 15.1. The van der Waals surface area contributed by atoms with Gasteiger partial charge in [-0.3, -0.25) is 0 Å². The van der Waals surface area contributed by atoms with E-state index >= 15 is 0 Å². The predicted molar refractivity (Wildman–Crippen MR) is 123 cm³/mol. The molecule has 1 heterocycles. The number of Topliss-reactive ketones (excluding diaryl/α,β-unsaturated/α-hetero) is 1. The normalized spacial score (nSPS) is 10.5. The number of unbranched alkanes of at least 4 members (excludes halogenated alkanes) is 3. The molecule has 0 amide bonds. The number of benzene rings is 2. The monoisotopic (exact) mass is 420 g/mol. The largest absolute Gasteiger partial charge is 0.508 e. The molecule has 0 aliphatic rings. The summed E-state index contributed by atoms with van der Waals surface area (Å²) in [5, 5.41) is 19.1. The van der Waals surface area contributed by atoms with E-state index in [9.17, 15) is 9.90 Å². The zero-order valence-electron chi connectivity index (χ0n) is 17.6. The third-order valence-electron chi connectivity index (χ3n) is 4.53. The highest BCUT2D eigenvalue weighted by molar-refractivity contribution is 5.75. The molecule has 0 saturated heterocycles. The minimum atomic E-state index is 0.193. The summed E-state index contributed by atoms with van der Waals surface area (Å²) in [6.45, 7) is 2.36. The molecule has 3 aromatic rings. The molecule has 8 heteroatoms. The average Bonchev–Trinajstić information content (AvgIpc) is 2.75. The lowest BCUT2D eigenvalue weighted by Gasteiger charge is -2.11. The second kappa shape index (κ2) is 11.5. The van der Waals surface area contributed by atoms with Crippen LogP contribution in [0.1, 0.15) is 39.0 Å². The van der Waals surface area contributed by atoms with Gasteiger partial charge in [0, 0.05) is 24.3 Å². The Kier molecular flexibility index (Phi) is 8.16. The lowest BCUT2D eigenvalue weighted by atomic mass is 10.1. The van der Waals surface area contributed by atoms with E-state index in [2.05, 4.69) is 30.9 Å². The van der Waals surface area contributed by atoms with E-state index in [0.717, 1.165) is 43.6 Å². The maximum atomic E-state index is 11.0. The maximum Gasteiger partial charge on any atom is 0.233 e. The Morgan fingerprint density at radius 2 is 1.35 bits per heavy atom. The molecule has 0 aliphatic carbocycles. The first-order valence-corrected chi connectivity index (χ1v) is 10.5. The standard InChI is InChI=1S/C23H28N6O2/c1-17(30)9-5-2-3-8-16-24-21-27-22(25-18-10-6-4-7-11-18)29-23(28-21)26-19-12-14-20(31)15-13-19/h4,6-7,10-15,31H,2-3,5,8-9,16H2,1H3,(H3,24,25,26,27,28,29). The van der Waals surface area contributed by atoms with Gasteiger partial charge in [0.2, 0.25) is 17.8 Å². The van der Waals surface area contributed by atoms with Crippen LogP contribution in [0.5, 0.6) is 5.75 Å². The third-order valence-corrected chi connectivity index (χ3v) is 4.53. The van der Waals surface area contributed by atoms with Gasteiger partial charge in [-0.15, -0.1) is 0 Å². The summed E-state index contributed by atoms with van der Waals surface area (Å²) in [6.07, 6.45) is 4.63. The van der Waals surface area contributed by atoms with E-state index in [1.807, 2.05) is 30.3 Å². The van der Waals surface area contributed by atoms with Crippen LogP contribution in [0.25, 0.3) is 0 Å². The van der Waals surface area contributed by atoms with Crippen molar-refractivity contribution in [1.29, 1.82) is 0 Å². The summed E-state index contributed by atoms with van der Waals surface area (Å²) in [7, 11) is 0. The number of ketones is 1. The van der Waals surface area contributed by atoms with Crippen LogP contribution in [-0.2, 0) is 4.79 Å². The van der Waals surface area contributed by atoms with Crippen molar-refractivity contribution in [3.63, 3.8) is 0 Å². The minimum absolute atomic E-state index is 0.193. The first kappa shape index (κ1) is 22.0. The molecule has 0 spiro atoms.